The number of aliphatic carboxylic acids is 1. The molecule has 6 heteroatoms. The van der Waals surface area contributed by atoms with E-state index in [0.717, 1.165) is 28.0 Å². The Hall–Kier alpha value is -2.40. The van der Waals surface area contributed by atoms with Crippen molar-refractivity contribution in [1.29, 1.82) is 0 Å². The lowest BCUT2D eigenvalue weighted by atomic mass is 10.0. The molecule has 5 nitrogen and oxygen atoms in total. The fraction of sp³-hybridized carbons (Fsp3) is 0.381. The minimum Gasteiger partial charge on any atom is -0.507 e. The molecule has 0 atom stereocenters. The first-order valence-corrected chi connectivity index (χ1v) is 9.04. The van der Waals surface area contributed by atoms with Crippen LogP contribution in [-0.4, -0.2) is 28.4 Å². The van der Waals surface area contributed by atoms with Crippen LogP contribution in [0.5, 0.6) is 17.2 Å². The van der Waals surface area contributed by atoms with Gasteiger partial charge in [0.15, 0.2) is 5.60 Å². The quantitative estimate of drug-likeness (QED) is 0.705. The Morgan fingerprint density at radius 2 is 1.81 bits per heavy atom. The largest absolute Gasteiger partial charge is 0.507 e. The van der Waals surface area contributed by atoms with Gasteiger partial charge in [-0.25, -0.2) is 4.79 Å². The molecule has 0 aliphatic carbocycles. The van der Waals surface area contributed by atoms with Gasteiger partial charge in [-0.15, -0.1) is 0 Å². The van der Waals surface area contributed by atoms with Crippen LogP contribution in [0.2, 0.25) is 5.02 Å². The topological polar surface area (TPSA) is 76.0 Å². The van der Waals surface area contributed by atoms with Crippen molar-refractivity contribution in [3.8, 4) is 17.2 Å². The van der Waals surface area contributed by atoms with Gasteiger partial charge in [-0.2, -0.15) is 0 Å². The smallest absolute Gasteiger partial charge is 0.347 e. The summed E-state index contributed by atoms with van der Waals surface area (Å²) in [6.45, 7) is 8.95. The SMILES string of the molecule is Cc1cc(OCCc2cc(OC(C)(C)C(=O)O)ccc2Cl)c(C)c(C)c1O. The summed E-state index contributed by atoms with van der Waals surface area (Å²) < 4.78 is 11.4. The Bertz CT molecular complexity index is 858. The number of hydrogen-bond acceptors (Lipinski definition) is 4. The van der Waals surface area contributed by atoms with E-state index in [2.05, 4.69) is 0 Å². The number of carbonyl (C=O) groups is 1. The highest BCUT2D eigenvalue weighted by Crippen LogP contribution is 2.32. The van der Waals surface area contributed by atoms with Crippen LogP contribution in [0.4, 0.5) is 0 Å². The molecule has 0 radical (unpaired) electrons. The van der Waals surface area contributed by atoms with Crippen LogP contribution in [-0.2, 0) is 11.2 Å². The van der Waals surface area contributed by atoms with E-state index in [4.69, 9.17) is 21.1 Å². The Kier molecular flexibility index (Phi) is 6.26. The number of halogens is 1. The minimum atomic E-state index is -1.33. The van der Waals surface area contributed by atoms with Gasteiger partial charge in [-0.1, -0.05) is 11.6 Å². The molecule has 0 bridgehead atoms. The highest BCUT2D eigenvalue weighted by atomic mass is 35.5. The molecule has 0 aliphatic rings. The molecule has 2 rings (SSSR count). The van der Waals surface area contributed by atoms with E-state index in [0.29, 0.717) is 23.8 Å². The molecule has 0 aliphatic heterocycles. The predicted molar refractivity (Wildman–Crippen MR) is 105 cm³/mol. The lowest BCUT2D eigenvalue weighted by Crippen LogP contribution is -2.37. The summed E-state index contributed by atoms with van der Waals surface area (Å²) in [5, 5.41) is 19.7. The summed E-state index contributed by atoms with van der Waals surface area (Å²) in [7, 11) is 0. The molecule has 0 saturated carbocycles. The Balaban J connectivity index is 2.10. The van der Waals surface area contributed by atoms with Gasteiger partial charge in [0.2, 0.25) is 0 Å². The van der Waals surface area contributed by atoms with Crippen LogP contribution in [0.25, 0.3) is 0 Å². The molecule has 2 aromatic carbocycles. The summed E-state index contributed by atoms with van der Waals surface area (Å²) in [6, 6.07) is 6.88. The van der Waals surface area contributed by atoms with Crippen molar-refractivity contribution in [3.63, 3.8) is 0 Å². The van der Waals surface area contributed by atoms with Crippen molar-refractivity contribution in [2.24, 2.45) is 0 Å². The molecule has 0 spiro atoms. The summed E-state index contributed by atoms with van der Waals surface area (Å²) in [4.78, 5) is 11.2. The van der Waals surface area contributed by atoms with Gasteiger partial charge >= 0.3 is 5.97 Å². The summed E-state index contributed by atoms with van der Waals surface area (Å²) in [5.74, 6) is 0.400. The second kappa shape index (κ2) is 8.09. The number of benzene rings is 2. The molecule has 27 heavy (non-hydrogen) atoms. The van der Waals surface area contributed by atoms with Crippen LogP contribution < -0.4 is 9.47 Å². The third-order valence-electron chi connectivity index (χ3n) is 4.54. The highest BCUT2D eigenvalue weighted by Gasteiger charge is 2.29. The van der Waals surface area contributed by atoms with Crippen LogP contribution in [0, 0.1) is 20.8 Å². The lowest BCUT2D eigenvalue weighted by Gasteiger charge is -2.22. The zero-order chi connectivity index (χ0) is 20.4. The molecule has 0 saturated heterocycles. The first-order chi connectivity index (χ1) is 12.5. The van der Waals surface area contributed by atoms with E-state index in [1.807, 2.05) is 26.8 Å². The Morgan fingerprint density at radius 1 is 1.15 bits per heavy atom. The van der Waals surface area contributed by atoms with Gasteiger partial charge in [-0.3, -0.25) is 0 Å². The van der Waals surface area contributed by atoms with Crippen LogP contribution in [0.15, 0.2) is 24.3 Å². The minimum absolute atomic E-state index is 0.286. The number of carboxylic acid groups (broad SMARTS) is 1. The highest BCUT2D eigenvalue weighted by molar-refractivity contribution is 6.31. The second-order valence-corrected chi connectivity index (χ2v) is 7.47. The second-order valence-electron chi connectivity index (χ2n) is 7.06. The van der Waals surface area contributed by atoms with Crippen molar-refractivity contribution in [3.05, 3.63) is 51.5 Å². The van der Waals surface area contributed by atoms with Crippen LogP contribution >= 0.6 is 11.6 Å². The zero-order valence-corrected chi connectivity index (χ0v) is 17.0. The van der Waals surface area contributed by atoms with Crippen molar-refractivity contribution in [2.45, 2.75) is 46.6 Å². The summed E-state index contributed by atoms with van der Waals surface area (Å²) >= 11 is 6.25. The molecular weight excluding hydrogens is 368 g/mol. The Labute approximate surface area is 164 Å². The molecule has 0 amide bonds. The monoisotopic (exact) mass is 392 g/mol. The number of phenols is 1. The van der Waals surface area contributed by atoms with Crippen molar-refractivity contribution in [2.75, 3.05) is 6.61 Å². The molecule has 146 valence electrons. The van der Waals surface area contributed by atoms with Gasteiger partial charge < -0.3 is 19.7 Å². The first-order valence-electron chi connectivity index (χ1n) is 8.66. The first kappa shape index (κ1) is 20.9. The maximum atomic E-state index is 11.2. The number of phenolic OH excluding ortho intramolecular Hbond substituents is 1. The molecule has 0 unspecified atom stereocenters. The molecule has 2 N–H and O–H groups in total. The van der Waals surface area contributed by atoms with E-state index in [1.165, 1.54) is 13.8 Å². The normalized spacial score (nSPS) is 11.3. The third-order valence-corrected chi connectivity index (χ3v) is 4.91. The van der Waals surface area contributed by atoms with Gasteiger partial charge in [0.1, 0.15) is 17.2 Å². The number of hydrogen-bond donors (Lipinski definition) is 2. The third kappa shape index (κ3) is 4.86. The summed E-state index contributed by atoms with van der Waals surface area (Å²) in [5.41, 5.74) is 1.93. The van der Waals surface area contributed by atoms with Crippen molar-refractivity contribution < 1.29 is 24.5 Å². The van der Waals surface area contributed by atoms with Gasteiger partial charge in [0, 0.05) is 11.4 Å². The molecular formula is C21H25ClO5. The predicted octanol–water partition coefficient (Wildman–Crippen LogP) is 4.83. The average molecular weight is 393 g/mol. The van der Waals surface area contributed by atoms with Crippen LogP contribution in [0.1, 0.15) is 36.1 Å². The van der Waals surface area contributed by atoms with Gasteiger partial charge in [0.25, 0.3) is 0 Å². The lowest BCUT2D eigenvalue weighted by molar-refractivity contribution is -0.152. The van der Waals surface area contributed by atoms with Gasteiger partial charge in [0.05, 0.1) is 6.61 Å². The maximum Gasteiger partial charge on any atom is 0.347 e. The molecule has 0 aromatic heterocycles. The van der Waals surface area contributed by atoms with E-state index >= 15 is 0 Å². The molecule has 2 aromatic rings. The standard InChI is InChI=1S/C21H25ClO5/c1-12-10-18(13(2)14(3)19(12)23)26-9-8-15-11-16(6-7-17(15)22)27-21(4,5)20(24)25/h6-7,10-11,23H,8-9H2,1-5H3,(H,24,25). The van der Waals surface area contributed by atoms with E-state index in [9.17, 15) is 15.0 Å². The number of carboxylic acids is 1. The van der Waals surface area contributed by atoms with Crippen molar-refractivity contribution >= 4 is 17.6 Å². The number of aryl methyl sites for hydroxylation is 1. The number of aromatic hydroxyl groups is 1. The van der Waals surface area contributed by atoms with Gasteiger partial charge in [-0.05, 0) is 81.1 Å². The Morgan fingerprint density at radius 3 is 2.44 bits per heavy atom. The van der Waals surface area contributed by atoms with Crippen molar-refractivity contribution in [1.82, 2.24) is 0 Å². The fourth-order valence-corrected chi connectivity index (χ4v) is 2.81. The van der Waals surface area contributed by atoms with E-state index in [1.54, 1.807) is 18.2 Å². The van der Waals surface area contributed by atoms with Crippen LogP contribution in [0.3, 0.4) is 0 Å². The number of ether oxygens (including phenoxy) is 2. The number of rotatable bonds is 7. The zero-order valence-electron chi connectivity index (χ0n) is 16.2. The maximum absolute atomic E-state index is 11.2. The molecule has 0 fully saturated rings. The molecule has 0 heterocycles. The fourth-order valence-electron chi connectivity index (χ4n) is 2.60. The summed E-state index contributed by atoms with van der Waals surface area (Å²) in [6.07, 6.45) is 0.530. The van der Waals surface area contributed by atoms with E-state index in [-0.39, 0.29) is 5.75 Å². The average Bonchev–Trinajstić information content (AvgIpc) is 2.59. The van der Waals surface area contributed by atoms with E-state index < -0.39 is 11.6 Å².